The van der Waals surface area contributed by atoms with E-state index in [0.29, 0.717) is 0 Å². The normalized spacial score (nSPS) is 19.8. The summed E-state index contributed by atoms with van der Waals surface area (Å²) >= 11 is 1.61. The van der Waals surface area contributed by atoms with Gasteiger partial charge in [0.2, 0.25) is 0 Å². The summed E-state index contributed by atoms with van der Waals surface area (Å²) in [5.74, 6) is 0.761. The summed E-state index contributed by atoms with van der Waals surface area (Å²) in [5.41, 5.74) is 0. The standard InChI is InChI=1S/C10H15NOS/c1-7-11-6-10(13-7)9(12)5-8-3-2-4-8/h6,8-9,12H,2-5H2,1H3. The van der Waals surface area contributed by atoms with Gasteiger partial charge < -0.3 is 5.11 Å². The molecule has 1 unspecified atom stereocenters. The fourth-order valence-corrected chi connectivity index (χ4v) is 2.48. The molecule has 1 atom stereocenters. The molecule has 2 rings (SSSR count). The van der Waals surface area contributed by atoms with Gasteiger partial charge in [0.25, 0.3) is 0 Å². The zero-order valence-electron chi connectivity index (χ0n) is 7.86. The second-order valence-corrected chi connectivity index (χ2v) is 5.10. The van der Waals surface area contributed by atoms with Gasteiger partial charge in [-0.1, -0.05) is 19.3 Å². The van der Waals surface area contributed by atoms with Crippen molar-refractivity contribution < 1.29 is 5.11 Å². The smallest absolute Gasteiger partial charge is 0.0900 e. The van der Waals surface area contributed by atoms with Crippen molar-refractivity contribution in [3.63, 3.8) is 0 Å². The van der Waals surface area contributed by atoms with Crippen LogP contribution in [0.3, 0.4) is 0 Å². The van der Waals surface area contributed by atoms with E-state index in [-0.39, 0.29) is 6.10 Å². The van der Waals surface area contributed by atoms with Crippen molar-refractivity contribution >= 4 is 11.3 Å². The molecular formula is C10H15NOS. The van der Waals surface area contributed by atoms with Crippen molar-refractivity contribution in [3.8, 4) is 0 Å². The Morgan fingerprint density at radius 1 is 1.69 bits per heavy atom. The average molecular weight is 197 g/mol. The Morgan fingerprint density at radius 2 is 2.46 bits per heavy atom. The molecule has 13 heavy (non-hydrogen) atoms. The summed E-state index contributed by atoms with van der Waals surface area (Å²) in [4.78, 5) is 5.18. The third kappa shape index (κ3) is 2.09. The lowest BCUT2D eigenvalue weighted by Gasteiger charge is -2.26. The number of hydrogen-bond acceptors (Lipinski definition) is 3. The van der Waals surface area contributed by atoms with Crippen LogP contribution in [-0.2, 0) is 0 Å². The van der Waals surface area contributed by atoms with Crippen molar-refractivity contribution in [1.29, 1.82) is 0 Å². The Hall–Kier alpha value is -0.410. The van der Waals surface area contributed by atoms with E-state index in [1.165, 1.54) is 19.3 Å². The molecule has 72 valence electrons. The van der Waals surface area contributed by atoms with Gasteiger partial charge in [-0.25, -0.2) is 4.98 Å². The van der Waals surface area contributed by atoms with Gasteiger partial charge in [0, 0.05) is 6.20 Å². The highest BCUT2D eigenvalue weighted by Gasteiger charge is 2.22. The summed E-state index contributed by atoms with van der Waals surface area (Å²) in [5, 5.41) is 10.9. The van der Waals surface area contributed by atoms with Crippen LogP contribution in [0.4, 0.5) is 0 Å². The lowest BCUT2D eigenvalue weighted by molar-refractivity contribution is 0.121. The minimum Gasteiger partial charge on any atom is -0.388 e. The van der Waals surface area contributed by atoms with E-state index in [4.69, 9.17) is 0 Å². The molecule has 1 aliphatic carbocycles. The van der Waals surface area contributed by atoms with E-state index in [1.54, 1.807) is 11.3 Å². The Balaban J connectivity index is 1.92. The first kappa shape index (κ1) is 9.16. The van der Waals surface area contributed by atoms with Gasteiger partial charge in [0.15, 0.2) is 0 Å². The van der Waals surface area contributed by atoms with Gasteiger partial charge in [-0.3, -0.25) is 0 Å². The third-order valence-corrected chi connectivity index (χ3v) is 3.76. The van der Waals surface area contributed by atoms with E-state index in [0.717, 1.165) is 22.2 Å². The van der Waals surface area contributed by atoms with Crippen LogP contribution >= 0.6 is 11.3 Å². The first-order chi connectivity index (χ1) is 6.25. The van der Waals surface area contributed by atoms with E-state index in [9.17, 15) is 5.11 Å². The molecule has 1 fully saturated rings. The molecule has 1 aliphatic rings. The van der Waals surface area contributed by atoms with E-state index in [1.807, 2.05) is 13.1 Å². The SMILES string of the molecule is Cc1ncc(C(O)CC2CCC2)s1. The van der Waals surface area contributed by atoms with Crippen LogP contribution in [-0.4, -0.2) is 10.1 Å². The van der Waals surface area contributed by atoms with Crippen LogP contribution in [0.25, 0.3) is 0 Å². The highest BCUT2D eigenvalue weighted by atomic mass is 32.1. The van der Waals surface area contributed by atoms with Crippen molar-refractivity contribution in [2.75, 3.05) is 0 Å². The number of aliphatic hydroxyl groups excluding tert-OH is 1. The van der Waals surface area contributed by atoms with E-state index < -0.39 is 0 Å². The number of aromatic nitrogens is 1. The summed E-state index contributed by atoms with van der Waals surface area (Å²) in [6, 6.07) is 0. The van der Waals surface area contributed by atoms with Crippen molar-refractivity contribution in [2.24, 2.45) is 5.92 Å². The lowest BCUT2D eigenvalue weighted by Crippen LogP contribution is -2.14. The molecule has 0 aromatic carbocycles. The second-order valence-electron chi connectivity index (χ2n) is 3.83. The molecule has 0 amide bonds. The first-order valence-electron chi connectivity index (χ1n) is 4.86. The molecule has 0 aliphatic heterocycles. The molecule has 1 aromatic rings. The molecule has 0 spiro atoms. The highest BCUT2D eigenvalue weighted by molar-refractivity contribution is 7.11. The molecule has 3 heteroatoms. The Morgan fingerprint density at radius 3 is 2.92 bits per heavy atom. The molecule has 0 saturated heterocycles. The third-order valence-electron chi connectivity index (χ3n) is 2.75. The van der Waals surface area contributed by atoms with E-state index >= 15 is 0 Å². The number of nitrogens with zero attached hydrogens (tertiary/aromatic N) is 1. The zero-order chi connectivity index (χ0) is 9.26. The maximum absolute atomic E-state index is 9.84. The molecule has 1 heterocycles. The number of rotatable bonds is 3. The van der Waals surface area contributed by atoms with Crippen LogP contribution in [0.2, 0.25) is 0 Å². The van der Waals surface area contributed by atoms with Gasteiger partial charge in [0.1, 0.15) is 0 Å². The fraction of sp³-hybridized carbons (Fsp3) is 0.700. The van der Waals surface area contributed by atoms with Gasteiger partial charge in [-0.05, 0) is 19.3 Å². The molecule has 1 aromatic heterocycles. The fourth-order valence-electron chi connectivity index (χ4n) is 1.69. The predicted molar refractivity (Wildman–Crippen MR) is 53.8 cm³/mol. The Bertz CT molecular complexity index is 280. The zero-order valence-corrected chi connectivity index (χ0v) is 8.68. The van der Waals surface area contributed by atoms with Crippen molar-refractivity contribution in [1.82, 2.24) is 4.98 Å². The van der Waals surface area contributed by atoms with Gasteiger partial charge >= 0.3 is 0 Å². The quantitative estimate of drug-likeness (QED) is 0.808. The first-order valence-corrected chi connectivity index (χ1v) is 5.68. The average Bonchev–Trinajstić information content (AvgIpc) is 2.44. The number of thiazole rings is 1. The van der Waals surface area contributed by atoms with Crippen molar-refractivity contribution in [2.45, 2.75) is 38.7 Å². The maximum Gasteiger partial charge on any atom is 0.0900 e. The Labute approximate surface area is 82.6 Å². The van der Waals surface area contributed by atoms with Crippen LogP contribution in [0.15, 0.2) is 6.20 Å². The summed E-state index contributed by atoms with van der Waals surface area (Å²) in [6.45, 7) is 1.98. The minimum absolute atomic E-state index is 0.267. The maximum atomic E-state index is 9.84. The van der Waals surface area contributed by atoms with Crippen LogP contribution in [0.5, 0.6) is 0 Å². The second kappa shape index (κ2) is 3.76. The molecule has 0 radical (unpaired) electrons. The highest BCUT2D eigenvalue weighted by Crippen LogP contribution is 2.35. The summed E-state index contributed by atoms with van der Waals surface area (Å²) in [7, 11) is 0. The summed E-state index contributed by atoms with van der Waals surface area (Å²) < 4.78 is 0. The number of hydrogen-bond donors (Lipinski definition) is 1. The molecular weight excluding hydrogens is 182 g/mol. The topological polar surface area (TPSA) is 33.1 Å². The van der Waals surface area contributed by atoms with Gasteiger partial charge in [-0.15, -0.1) is 11.3 Å². The molecule has 2 nitrogen and oxygen atoms in total. The van der Waals surface area contributed by atoms with Crippen LogP contribution in [0, 0.1) is 12.8 Å². The number of aryl methyl sites for hydroxylation is 1. The lowest BCUT2D eigenvalue weighted by atomic mass is 9.81. The molecule has 1 N–H and O–H groups in total. The van der Waals surface area contributed by atoms with Crippen LogP contribution in [0.1, 0.15) is 41.7 Å². The van der Waals surface area contributed by atoms with E-state index in [2.05, 4.69) is 4.98 Å². The van der Waals surface area contributed by atoms with Crippen molar-refractivity contribution in [3.05, 3.63) is 16.1 Å². The largest absolute Gasteiger partial charge is 0.388 e. The molecule has 1 saturated carbocycles. The molecule has 0 bridgehead atoms. The monoisotopic (exact) mass is 197 g/mol. The van der Waals surface area contributed by atoms with Crippen LogP contribution < -0.4 is 0 Å². The number of aliphatic hydroxyl groups is 1. The van der Waals surface area contributed by atoms with Gasteiger partial charge in [-0.2, -0.15) is 0 Å². The minimum atomic E-state index is -0.267. The predicted octanol–water partition coefficient (Wildman–Crippen LogP) is 2.68. The van der Waals surface area contributed by atoms with Gasteiger partial charge in [0.05, 0.1) is 16.0 Å². The Kier molecular flexibility index (Phi) is 2.65. The summed E-state index contributed by atoms with van der Waals surface area (Å²) in [6.07, 6.45) is 6.42.